The highest BCUT2D eigenvalue weighted by molar-refractivity contribution is 9.10. The molecule has 0 bridgehead atoms. The number of benzene rings is 1. The summed E-state index contributed by atoms with van der Waals surface area (Å²) in [7, 11) is 1.60. The van der Waals surface area contributed by atoms with E-state index in [2.05, 4.69) is 49.1 Å². The Morgan fingerprint density at radius 1 is 1.04 bits per heavy atom. The molecule has 0 aliphatic heterocycles. The van der Waals surface area contributed by atoms with Crippen molar-refractivity contribution in [3.63, 3.8) is 0 Å². The number of methoxy groups -OCH3 is 1. The van der Waals surface area contributed by atoms with E-state index in [-0.39, 0.29) is 5.95 Å². The molecule has 1 aliphatic rings. The van der Waals surface area contributed by atoms with E-state index in [4.69, 9.17) is 10.5 Å². The SMILES string of the molecule is COc1cccc(-c2nc(N)nc3c2CCc2ccc(Br)cc2-3)n1. The quantitative estimate of drug-likeness (QED) is 0.731. The zero-order valence-corrected chi connectivity index (χ0v) is 14.7. The molecule has 0 radical (unpaired) electrons. The molecule has 6 heteroatoms. The zero-order chi connectivity index (χ0) is 16.7. The van der Waals surface area contributed by atoms with Crippen molar-refractivity contribution in [1.82, 2.24) is 15.0 Å². The predicted molar refractivity (Wildman–Crippen MR) is 96.8 cm³/mol. The van der Waals surface area contributed by atoms with Crippen molar-refractivity contribution in [2.45, 2.75) is 12.8 Å². The third-order valence-electron chi connectivity index (χ3n) is 4.17. The molecule has 0 amide bonds. The second-order valence-electron chi connectivity index (χ2n) is 5.62. The molecule has 0 spiro atoms. The van der Waals surface area contributed by atoms with Gasteiger partial charge in [0.1, 0.15) is 0 Å². The number of aryl methyl sites for hydroxylation is 1. The molecule has 0 saturated carbocycles. The summed E-state index contributed by atoms with van der Waals surface area (Å²) < 4.78 is 6.25. The Hall–Kier alpha value is -2.47. The average Bonchev–Trinajstić information content (AvgIpc) is 2.61. The van der Waals surface area contributed by atoms with Gasteiger partial charge in [0.25, 0.3) is 0 Å². The summed E-state index contributed by atoms with van der Waals surface area (Å²) in [5, 5.41) is 0. The van der Waals surface area contributed by atoms with E-state index in [0.717, 1.165) is 45.5 Å². The van der Waals surface area contributed by atoms with Gasteiger partial charge in [-0.3, -0.25) is 0 Å². The van der Waals surface area contributed by atoms with Crippen LogP contribution >= 0.6 is 15.9 Å². The Balaban J connectivity index is 1.96. The largest absolute Gasteiger partial charge is 0.481 e. The molecular formula is C18H15BrN4O. The van der Waals surface area contributed by atoms with Crippen molar-refractivity contribution in [1.29, 1.82) is 0 Å². The number of fused-ring (bicyclic) bond motifs is 3. The fourth-order valence-corrected chi connectivity index (χ4v) is 3.44. The Labute approximate surface area is 148 Å². The van der Waals surface area contributed by atoms with E-state index < -0.39 is 0 Å². The molecule has 2 heterocycles. The number of nitrogen functional groups attached to an aromatic ring is 1. The fourth-order valence-electron chi connectivity index (χ4n) is 3.08. The summed E-state index contributed by atoms with van der Waals surface area (Å²) in [6.07, 6.45) is 1.80. The van der Waals surface area contributed by atoms with E-state index in [9.17, 15) is 0 Å². The minimum atomic E-state index is 0.251. The molecule has 0 saturated heterocycles. The molecule has 0 atom stereocenters. The van der Waals surface area contributed by atoms with Crippen LogP contribution in [0.15, 0.2) is 40.9 Å². The third kappa shape index (κ3) is 2.53. The lowest BCUT2D eigenvalue weighted by Crippen LogP contribution is -2.11. The second kappa shape index (κ2) is 5.87. The Morgan fingerprint density at radius 3 is 2.71 bits per heavy atom. The summed E-state index contributed by atoms with van der Waals surface area (Å²) >= 11 is 3.54. The summed E-state index contributed by atoms with van der Waals surface area (Å²) in [4.78, 5) is 13.5. The molecule has 0 unspecified atom stereocenters. The van der Waals surface area contributed by atoms with Crippen LogP contribution in [0.1, 0.15) is 11.1 Å². The Morgan fingerprint density at radius 2 is 1.88 bits per heavy atom. The van der Waals surface area contributed by atoms with E-state index in [1.54, 1.807) is 7.11 Å². The molecule has 3 aromatic rings. The molecule has 2 aromatic heterocycles. The standard InChI is InChI=1S/C18H15BrN4O/c1-24-15-4-2-3-14(21-15)17-12-8-6-10-5-7-11(19)9-13(10)16(12)22-18(20)23-17/h2-5,7,9H,6,8H2,1H3,(H2,20,22,23). The Kier molecular flexibility index (Phi) is 3.69. The first-order chi connectivity index (χ1) is 11.7. The third-order valence-corrected chi connectivity index (χ3v) is 4.66. The van der Waals surface area contributed by atoms with Gasteiger partial charge in [0, 0.05) is 21.7 Å². The van der Waals surface area contributed by atoms with Crippen molar-refractivity contribution >= 4 is 21.9 Å². The first-order valence-corrected chi connectivity index (χ1v) is 8.41. The summed E-state index contributed by atoms with van der Waals surface area (Å²) in [5.41, 5.74) is 11.9. The molecule has 24 heavy (non-hydrogen) atoms. The van der Waals surface area contributed by atoms with Crippen LogP contribution in [0, 0.1) is 0 Å². The lowest BCUT2D eigenvalue weighted by atomic mass is 9.87. The number of pyridine rings is 1. The molecule has 1 aromatic carbocycles. The minimum Gasteiger partial charge on any atom is -0.481 e. The topological polar surface area (TPSA) is 73.9 Å². The lowest BCUT2D eigenvalue weighted by molar-refractivity contribution is 0.398. The smallest absolute Gasteiger partial charge is 0.221 e. The first-order valence-electron chi connectivity index (χ1n) is 7.62. The second-order valence-corrected chi connectivity index (χ2v) is 6.54. The van der Waals surface area contributed by atoms with Gasteiger partial charge in [0.15, 0.2) is 0 Å². The monoisotopic (exact) mass is 382 g/mol. The number of rotatable bonds is 2. The number of anilines is 1. The van der Waals surface area contributed by atoms with Crippen molar-refractivity contribution in [3.05, 3.63) is 52.0 Å². The van der Waals surface area contributed by atoms with Crippen molar-refractivity contribution < 1.29 is 4.74 Å². The predicted octanol–water partition coefficient (Wildman–Crippen LogP) is 3.66. The highest BCUT2D eigenvalue weighted by Crippen LogP contribution is 2.38. The van der Waals surface area contributed by atoms with Crippen molar-refractivity contribution in [3.8, 4) is 28.5 Å². The van der Waals surface area contributed by atoms with Gasteiger partial charge in [-0.05, 0) is 36.6 Å². The van der Waals surface area contributed by atoms with Gasteiger partial charge in [-0.15, -0.1) is 0 Å². The van der Waals surface area contributed by atoms with Gasteiger partial charge in [0.05, 0.1) is 24.2 Å². The average molecular weight is 383 g/mol. The number of ether oxygens (including phenoxy) is 1. The maximum absolute atomic E-state index is 5.99. The molecule has 120 valence electrons. The maximum atomic E-state index is 5.99. The molecule has 5 nitrogen and oxygen atoms in total. The number of hydrogen-bond acceptors (Lipinski definition) is 5. The first kappa shape index (κ1) is 15.1. The Bertz CT molecular complexity index is 942. The summed E-state index contributed by atoms with van der Waals surface area (Å²) in [5.74, 6) is 0.804. The maximum Gasteiger partial charge on any atom is 0.221 e. The van der Waals surface area contributed by atoms with Crippen LogP contribution in [0.25, 0.3) is 22.6 Å². The number of hydrogen-bond donors (Lipinski definition) is 1. The van der Waals surface area contributed by atoms with Gasteiger partial charge < -0.3 is 10.5 Å². The van der Waals surface area contributed by atoms with Gasteiger partial charge in [-0.25, -0.2) is 15.0 Å². The van der Waals surface area contributed by atoms with E-state index in [1.807, 2.05) is 18.2 Å². The van der Waals surface area contributed by atoms with E-state index >= 15 is 0 Å². The summed E-state index contributed by atoms with van der Waals surface area (Å²) in [6.45, 7) is 0. The van der Waals surface area contributed by atoms with Crippen LogP contribution in [-0.4, -0.2) is 22.1 Å². The number of halogens is 1. The van der Waals surface area contributed by atoms with Crippen LogP contribution in [-0.2, 0) is 12.8 Å². The van der Waals surface area contributed by atoms with Gasteiger partial charge in [0.2, 0.25) is 11.8 Å². The normalized spacial score (nSPS) is 12.4. The van der Waals surface area contributed by atoms with Crippen molar-refractivity contribution in [2.75, 3.05) is 12.8 Å². The molecule has 4 rings (SSSR count). The van der Waals surface area contributed by atoms with Crippen LogP contribution in [0.3, 0.4) is 0 Å². The molecule has 2 N–H and O–H groups in total. The van der Waals surface area contributed by atoms with Crippen LogP contribution in [0.5, 0.6) is 5.88 Å². The van der Waals surface area contributed by atoms with Crippen molar-refractivity contribution in [2.24, 2.45) is 0 Å². The van der Waals surface area contributed by atoms with Gasteiger partial charge in [-0.2, -0.15) is 0 Å². The minimum absolute atomic E-state index is 0.251. The van der Waals surface area contributed by atoms with Crippen LogP contribution < -0.4 is 10.5 Å². The lowest BCUT2D eigenvalue weighted by Gasteiger charge is -2.21. The van der Waals surface area contributed by atoms with E-state index in [1.165, 1.54) is 5.56 Å². The number of nitrogens with zero attached hydrogens (tertiary/aromatic N) is 3. The molecule has 1 aliphatic carbocycles. The summed E-state index contributed by atoms with van der Waals surface area (Å²) in [6, 6.07) is 11.9. The van der Waals surface area contributed by atoms with Gasteiger partial charge in [-0.1, -0.05) is 28.1 Å². The highest BCUT2D eigenvalue weighted by atomic mass is 79.9. The van der Waals surface area contributed by atoms with Crippen LogP contribution in [0.4, 0.5) is 5.95 Å². The van der Waals surface area contributed by atoms with Gasteiger partial charge >= 0.3 is 0 Å². The zero-order valence-electron chi connectivity index (χ0n) is 13.1. The number of nitrogens with two attached hydrogens (primary N) is 1. The fraction of sp³-hybridized carbons (Fsp3) is 0.167. The highest BCUT2D eigenvalue weighted by Gasteiger charge is 2.23. The molecule has 0 fully saturated rings. The van der Waals surface area contributed by atoms with Crippen LogP contribution in [0.2, 0.25) is 0 Å². The molecular weight excluding hydrogens is 368 g/mol. The van der Waals surface area contributed by atoms with E-state index in [0.29, 0.717) is 5.88 Å². The number of aromatic nitrogens is 3.